The lowest BCUT2D eigenvalue weighted by Gasteiger charge is -2.29. The van der Waals surface area contributed by atoms with Gasteiger partial charge in [-0.2, -0.15) is 0 Å². The highest BCUT2D eigenvalue weighted by Crippen LogP contribution is 2.31. The Labute approximate surface area is 152 Å². The van der Waals surface area contributed by atoms with Gasteiger partial charge < -0.3 is 18.8 Å². The minimum atomic E-state index is -0.179. The number of carbonyl (C=O) groups is 1. The van der Waals surface area contributed by atoms with E-state index in [1.807, 2.05) is 60.0 Å². The second kappa shape index (κ2) is 6.71. The van der Waals surface area contributed by atoms with E-state index in [1.54, 1.807) is 11.9 Å². The van der Waals surface area contributed by atoms with Gasteiger partial charge in [0.2, 0.25) is 5.91 Å². The number of carbonyl (C=O) groups excluding carboxylic acids is 1. The zero-order chi connectivity index (χ0) is 18.1. The number of ether oxygens (including phenoxy) is 2. The van der Waals surface area contributed by atoms with E-state index < -0.39 is 0 Å². The maximum Gasteiger partial charge on any atom is 0.228 e. The van der Waals surface area contributed by atoms with E-state index in [1.165, 1.54) is 0 Å². The summed E-state index contributed by atoms with van der Waals surface area (Å²) in [4.78, 5) is 18.9. The van der Waals surface area contributed by atoms with Crippen molar-refractivity contribution in [2.24, 2.45) is 0 Å². The molecule has 3 heterocycles. The molecule has 6 heteroatoms. The largest absolute Gasteiger partial charge is 0.486 e. The normalized spacial score (nSPS) is 15.8. The number of aromatic nitrogens is 2. The molecule has 0 radical (unpaired) electrons. The van der Waals surface area contributed by atoms with Gasteiger partial charge in [-0.05, 0) is 31.2 Å². The Morgan fingerprint density at radius 1 is 1.23 bits per heavy atom. The molecule has 1 aromatic carbocycles. The number of rotatable bonds is 4. The van der Waals surface area contributed by atoms with Crippen LogP contribution in [0.25, 0.3) is 5.65 Å². The molecule has 1 aliphatic rings. The third-order valence-corrected chi connectivity index (χ3v) is 4.62. The number of benzene rings is 1. The summed E-state index contributed by atoms with van der Waals surface area (Å²) in [6.07, 6.45) is 2.06. The molecule has 1 atom stereocenters. The zero-order valence-electron chi connectivity index (χ0n) is 14.9. The van der Waals surface area contributed by atoms with E-state index in [0.717, 1.165) is 28.5 Å². The molecule has 3 aromatic rings. The zero-order valence-corrected chi connectivity index (χ0v) is 14.9. The molecule has 0 saturated heterocycles. The Morgan fingerprint density at radius 3 is 2.85 bits per heavy atom. The second-order valence-electron chi connectivity index (χ2n) is 6.52. The molecule has 0 spiro atoms. The lowest BCUT2D eigenvalue weighted by Crippen LogP contribution is -2.42. The Morgan fingerprint density at radius 2 is 2.00 bits per heavy atom. The van der Waals surface area contributed by atoms with Gasteiger partial charge in [0.25, 0.3) is 0 Å². The Balaban J connectivity index is 1.43. The quantitative estimate of drug-likeness (QED) is 0.725. The first-order valence-corrected chi connectivity index (χ1v) is 8.67. The van der Waals surface area contributed by atoms with Gasteiger partial charge in [0.15, 0.2) is 17.6 Å². The molecular formula is C20H21N3O3. The van der Waals surface area contributed by atoms with Crippen LogP contribution in [0, 0.1) is 6.92 Å². The van der Waals surface area contributed by atoms with Crippen LogP contribution in [0.4, 0.5) is 0 Å². The number of nitrogens with zero attached hydrogens (tertiary/aromatic N) is 3. The number of fused-ring (bicyclic) bond motifs is 2. The van der Waals surface area contributed by atoms with Crippen LogP contribution >= 0.6 is 0 Å². The highest BCUT2D eigenvalue weighted by atomic mass is 16.6. The minimum absolute atomic E-state index is 0.0289. The number of aryl methyl sites for hydroxylation is 1. The van der Waals surface area contributed by atoms with E-state index in [9.17, 15) is 4.79 Å². The van der Waals surface area contributed by atoms with Crippen LogP contribution in [0.15, 0.2) is 48.7 Å². The van der Waals surface area contributed by atoms with Crippen molar-refractivity contribution in [1.29, 1.82) is 0 Å². The van der Waals surface area contributed by atoms with Crippen molar-refractivity contribution < 1.29 is 14.3 Å². The monoisotopic (exact) mass is 351 g/mol. The predicted molar refractivity (Wildman–Crippen MR) is 97.6 cm³/mol. The smallest absolute Gasteiger partial charge is 0.228 e. The summed E-state index contributed by atoms with van der Waals surface area (Å²) < 4.78 is 13.6. The molecule has 1 unspecified atom stereocenters. The van der Waals surface area contributed by atoms with Crippen molar-refractivity contribution in [3.63, 3.8) is 0 Å². The van der Waals surface area contributed by atoms with E-state index in [2.05, 4.69) is 4.98 Å². The maximum atomic E-state index is 12.7. The predicted octanol–water partition coefficient (Wildman–Crippen LogP) is 2.48. The summed E-state index contributed by atoms with van der Waals surface area (Å²) in [5.74, 6) is 1.50. The average molecular weight is 351 g/mol. The molecule has 0 bridgehead atoms. The molecule has 0 aliphatic carbocycles. The first kappa shape index (κ1) is 16.4. The first-order valence-electron chi connectivity index (χ1n) is 8.67. The van der Waals surface area contributed by atoms with Crippen LogP contribution in [0.5, 0.6) is 11.5 Å². The molecule has 0 saturated carbocycles. The Hall–Kier alpha value is -3.02. The van der Waals surface area contributed by atoms with E-state index in [4.69, 9.17) is 9.47 Å². The highest BCUT2D eigenvalue weighted by Gasteiger charge is 2.24. The summed E-state index contributed by atoms with van der Waals surface area (Å²) in [7, 11) is 1.80. The van der Waals surface area contributed by atoms with Crippen LogP contribution in [0.2, 0.25) is 0 Å². The number of amides is 1. The molecule has 134 valence electrons. The Bertz CT molecular complexity index is 950. The van der Waals surface area contributed by atoms with Crippen molar-refractivity contribution in [2.75, 3.05) is 20.2 Å². The molecule has 0 N–H and O–H groups in total. The van der Waals surface area contributed by atoms with Crippen LogP contribution in [0.3, 0.4) is 0 Å². The number of likely N-dealkylation sites (N-methyl/N-ethyl adjacent to an activating group) is 1. The SMILES string of the molecule is Cc1nc2ccccn2c1CC(=O)N(C)CC1COc2ccccc2O1. The van der Waals surface area contributed by atoms with Gasteiger partial charge in [0.1, 0.15) is 12.3 Å². The topological polar surface area (TPSA) is 56.1 Å². The van der Waals surface area contributed by atoms with Gasteiger partial charge >= 0.3 is 0 Å². The molecule has 4 rings (SSSR count). The summed E-state index contributed by atoms with van der Waals surface area (Å²) in [6, 6.07) is 13.4. The third-order valence-electron chi connectivity index (χ3n) is 4.62. The molecule has 1 aliphatic heterocycles. The molecule has 1 amide bonds. The average Bonchev–Trinajstić information content (AvgIpc) is 2.97. The van der Waals surface area contributed by atoms with Crippen LogP contribution in [0.1, 0.15) is 11.4 Å². The molecule has 26 heavy (non-hydrogen) atoms. The third kappa shape index (κ3) is 3.10. The molecule has 0 fully saturated rings. The summed E-state index contributed by atoms with van der Waals surface area (Å²) >= 11 is 0. The summed E-state index contributed by atoms with van der Waals surface area (Å²) in [5, 5.41) is 0. The lowest BCUT2D eigenvalue weighted by atomic mass is 10.2. The van der Waals surface area contributed by atoms with Gasteiger partial charge in [-0.3, -0.25) is 4.79 Å². The summed E-state index contributed by atoms with van der Waals surface area (Å²) in [6.45, 7) is 2.84. The molecule has 6 nitrogen and oxygen atoms in total. The number of pyridine rings is 1. The van der Waals surface area contributed by atoms with Crippen LogP contribution < -0.4 is 9.47 Å². The van der Waals surface area contributed by atoms with Crippen LogP contribution in [-0.2, 0) is 11.2 Å². The minimum Gasteiger partial charge on any atom is -0.486 e. The van der Waals surface area contributed by atoms with E-state index >= 15 is 0 Å². The van der Waals surface area contributed by atoms with Crippen molar-refractivity contribution in [3.05, 3.63) is 60.0 Å². The number of para-hydroxylation sites is 2. The fourth-order valence-corrected chi connectivity index (χ4v) is 3.22. The fraction of sp³-hybridized carbons (Fsp3) is 0.300. The van der Waals surface area contributed by atoms with Crippen LogP contribution in [-0.4, -0.2) is 46.5 Å². The standard InChI is InChI=1S/C20H21N3O3/c1-14-16(23-10-6-5-9-19(23)21-14)11-20(24)22(2)12-15-13-25-17-7-3-4-8-18(17)26-15/h3-10,15H,11-13H2,1-2H3. The summed E-state index contributed by atoms with van der Waals surface area (Å²) in [5.41, 5.74) is 2.66. The highest BCUT2D eigenvalue weighted by molar-refractivity contribution is 5.78. The lowest BCUT2D eigenvalue weighted by molar-refractivity contribution is -0.130. The van der Waals surface area contributed by atoms with Crippen molar-refractivity contribution in [1.82, 2.24) is 14.3 Å². The number of imidazole rings is 1. The van der Waals surface area contributed by atoms with Crippen molar-refractivity contribution in [2.45, 2.75) is 19.4 Å². The molecule has 2 aromatic heterocycles. The first-order chi connectivity index (χ1) is 12.6. The Kier molecular flexibility index (Phi) is 4.24. The number of hydrogen-bond donors (Lipinski definition) is 0. The van der Waals surface area contributed by atoms with Crippen molar-refractivity contribution in [3.8, 4) is 11.5 Å². The van der Waals surface area contributed by atoms with Gasteiger partial charge in [-0.1, -0.05) is 18.2 Å². The van der Waals surface area contributed by atoms with Gasteiger partial charge in [-0.15, -0.1) is 0 Å². The van der Waals surface area contributed by atoms with Gasteiger partial charge in [0, 0.05) is 13.2 Å². The van der Waals surface area contributed by atoms with Gasteiger partial charge in [0.05, 0.1) is 24.4 Å². The second-order valence-corrected chi connectivity index (χ2v) is 6.52. The fourth-order valence-electron chi connectivity index (χ4n) is 3.22. The van der Waals surface area contributed by atoms with Gasteiger partial charge in [-0.25, -0.2) is 4.98 Å². The number of hydrogen-bond acceptors (Lipinski definition) is 4. The van der Waals surface area contributed by atoms with E-state index in [0.29, 0.717) is 19.6 Å². The molecular weight excluding hydrogens is 330 g/mol. The maximum absolute atomic E-state index is 12.7. The van der Waals surface area contributed by atoms with E-state index in [-0.39, 0.29) is 12.0 Å². The van der Waals surface area contributed by atoms with Crippen molar-refractivity contribution >= 4 is 11.6 Å².